The molecule has 1 aromatic rings. The van der Waals surface area contributed by atoms with Crippen molar-refractivity contribution in [2.45, 2.75) is 50.1 Å². The fourth-order valence-corrected chi connectivity index (χ4v) is 3.81. The molecular formula is C15H21FO4S. The minimum absolute atomic E-state index is 0.110. The molecule has 1 aromatic carbocycles. The second-order valence-corrected chi connectivity index (χ2v) is 8.05. The lowest BCUT2D eigenvalue weighted by Crippen LogP contribution is -2.33. The Bertz CT molecular complexity index is 598. The van der Waals surface area contributed by atoms with Crippen molar-refractivity contribution in [2.24, 2.45) is 0 Å². The van der Waals surface area contributed by atoms with Crippen LogP contribution in [0.5, 0.6) is 5.75 Å². The van der Waals surface area contributed by atoms with Crippen LogP contribution in [0.25, 0.3) is 0 Å². The zero-order valence-corrected chi connectivity index (χ0v) is 13.1. The maximum atomic E-state index is 13.9. The first-order chi connectivity index (χ1) is 9.77. The van der Waals surface area contributed by atoms with Crippen molar-refractivity contribution in [3.8, 4) is 5.75 Å². The summed E-state index contributed by atoms with van der Waals surface area (Å²) in [5, 5.41) is 9.00. The monoisotopic (exact) mass is 316 g/mol. The average molecular weight is 316 g/mol. The summed E-state index contributed by atoms with van der Waals surface area (Å²) in [6.45, 7) is 1.56. The second-order valence-electron chi connectivity index (χ2n) is 5.72. The van der Waals surface area contributed by atoms with Gasteiger partial charge in [0.1, 0.15) is 15.9 Å². The van der Waals surface area contributed by atoms with Crippen LogP contribution in [0.1, 0.15) is 44.3 Å². The number of aliphatic hydroxyl groups is 1. The number of halogens is 1. The molecule has 0 aromatic heterocycles. The molecule has 0 radical (unpaired) electrons. The zero-order chi connectivity index (χ0) is 15.6. The van der Waals surface area contributed by atoms with Crippen LogP contribution in [0.2, 0.25) is 0 Å². The second kappa shape index (κ2) is 6.32. The third-order valence-electron chi connectivity index (χ3n) is 3.92. The zero-order valence-electron chi connectivity index (χ0n) is 12.3. The summed E-state index contributed by atoms with van der Waals surface area (Å²) >= 11 is 0. The molecule has 21 heavy (non-hydrogen) atoms. The molecule has 0 heterocycles. The molecule has 0 spiro atoms. The quantitative estimate of drug-likeness (QED) is 0.927. The van der Waals surface area contributed by atoms with Crippen LogP contribution in [0.3, 0.4) is 0 Å². The highest BCUT2D eigenvalue weighted by Gasteiger charge is 2.30. The smallest absolute Gasteiger partial charge is 0.165 e. The minimum Gasteiger partial charge on any atom is -0.487 e. The van der Waals surface area contributed by atoms with Gasteiger partial charge in [-0.1, -0.05) is 6.07 Å². The van der Waals surface area contributed by atoms with Crippen molar-refractivity contribution >= 4 is 9.84 Å². The Morgan fingerprint density at radius 1 is 1.38 bits per heavy atom. The van der Waals surface area contributed by atoms with Crippen LogP contribution in [0, 0.1) is 5.82 Å². The van der Waals surface area contributed by atoms with Crippen molar-refractivity contribution in [3.05, 3.63) is 29.6 Å². The fraction of sp³-hybridized carbons (Fsp3) is 0.600. The first-order valence-electron chi connectivity index (χ1n) is 7.10. The van der Waals surface area contributed by atoms with Crippen LogP contribution >= 0.6 is 0 Å². The van der Waals surface area contributed by atoms with E-state index >= 15 is 0 Å². The number of aliphatic hydroxyl groups excluding tert-OH is 1. The molecule has 4 nitrogen and oxygen atoms in total. The van der Waals surface area contributed by atoms with Gasteiger partial charge >= 0.3 is 0 Å². The Hall–Kier alpha value is -1.14. The summed E-state index contributed by atoms with van der Waals surface area (Å²) in [7, 11) is -3.09. The summed E-state index contributed by atoms with van der Waals surface area (Å²) in [5.74, 6) is -0.423. The van der Waals surface area contributed by atoms with E-state index in [1.807, 2.05) is 0 Å². The number of benzene rings is 1. The molecule has 118 valence electrons. The molecule has 0 bridgehead atoms. The Kier molecular flexibility index (Phi) is 4.88. The van der Waals surface area contributed by atoms with Crippen molar-refractivity contribution in [3.63, 3.8) is 0 Å². The third kappa shape index (κ3) is 4.17. The van der Waals surface area contributed by atoms with Gasteiger partial charge in [0.05, 0.1) is 11.4 Å². The number of hydrogen-bond donors (Lipinski definition) is 1. The summed E-state index contributed by atoms with van der Waals surface area (Å²) in [6.07, 6.45) is 2.74. The molecular weight excluding hydrogens is 295 g/mol. The molecule has 1 saturated carbocycles. The Morgan fingerprint density at radius 3 is 2.67 bits per heavy atom. The minimum atomic E-state index is -3.09. The van der Waals surface area contributed by atoms with E-state index in [0.717, 1.165) is 12.8 Å². The van der Waals surface area contributed by atoms with E-state index in [4.69, 9.17) is 4.74 Å². The SMILES string of the molecule is C[C@@H](O)c1ccc(OC2CCCC(S(C)(=O)=O)C2)c(F)c1. The van der Waals surface area contributed by atoms with Crippen LogP contribution in [0.15, 0.2) is 18.2 Å². The first-order valence-corrected chi connectivity index (χ1v) is 9.06. The first kappa shape index (κ1) is 16.2. The largest absolute Gasteiger partial charge is 0.487 e. The van der Waals surface area contributed by atoms with Crippen LogP contribution in [-0.2, 0) is 9.84 Å². The Morgan fingerprint density at radius 2 is 2.10 bits per heavy atom. The average Bonchev–Trinajstić information content (AvgIpc) is 2.40. The topological polar surface area (TPSA) is 63.6 Å². The van der Waals surface area contributed by atoms with E-state index in [9.17, 15) is 17.9 Å². The summed E-state index contributed by atoms with van der Waals surface area (Å²) < 4.78 is 42.8. The third-order valence-corrected chi connectivity index (χ3v) is 5.55. The lowest BCUT2D eigenvalue weighted by atomic mass is 9.97. The van der Waals surface area contributed by atoms with Crippen molar-refractivity contribution < 1.29 is 22.7 Å². The molecule has 1 N–H and O–H groups in total. The van der Waals surface area contributed by atoms with Gasteiger partial charge < -0.3 is 9.84 Å². The highest BCUT2D eigenvalue weighted by molar-refractivity contribution is 7.91. The molecule has 2 rings (SSSR count). The summed E-state index contributed by atoms with van der Waals surface area (Å²) in [6, 6.07) is 4.35. The van der Waals surface area contributed by atoms with E-state index in [1.165, 1.54) is 18.4 Å². The van der Waals surface area contributed by atoms with Crippen molar-refractivity contribution in [1.82, 2.24) is 0 Å². The van der Waals surface area contributed by atoms with Gasteiger partial charge in [-0.3, -0.25) is 0 Å². The molecule has 3 atom stereocenters. The molecule has 1 fully saturated rings. The van der Waals surface area contributed by atoms with Crippen LogP contribution < -0.4 is 4.74 Å². The van der Waals surface area contributed by atoms with Crippen molar-refractivity contribution in [1.29, 1.82) is 0 Å². The molecule has 0 amide bonds. The highest BCUT2D eigenvalue weighted by Crippen LogP contribution is 2.29. The van der Waals surface area contributed by atoms with Gasteiger partial charge in [0.25, 0.3) is 0 Å². The lowest BCUT2D eigenvalue weighted by molar-refractivity contribution is 0.149. The van der Waals surface area contributed by atoms with Crippen LogP contribution in [-0.4, -0.2) is 31.1 Å². The number of sulfone groups is 1. The van der Waals surface area contributed by atoms with E-state index in [2.05, 4.69) is 0 Å². The summed E-state index contributed by atoms with van der Waals surface area (Å²) in [5.41, 5.74) is 0.484. The van der Waals surface area contributed by atoms with E-state index < -0.39 is 27.0 Å². The Balaban J connectivity index is 2.08. The molecule has 1 aliphatic rings. The van der Waals surface area contributed by atoms with Gasteiger partial charge in [0.15, 0.2) is 11.6 Å². The predicted molar refractivity (Wildman–Crippen MR) is 78.5 cm³/mol. The molecule has 2 unspecified atom stereocenters. The molecule has 1 aliphatic carbocycles. The van der Waals surface area contributed by atoms with Gasteiger partial charge in [-0.2, -0.15) is 0 Å². The van der Waals surface area contributed by atoms with Gasteiger partial charge in [0, 0.05) is 12.7 Å². The van der Waals surface area contributed by atoms with E-state index in [1.54, 1.807) is 13.0 Å². The number of ether oxygens (including phenoxy) is 1. The van der Waals surface area contributed by atoms with Gasteiger partial charge in [-0.25, -0.2) is 12.8 Å². The maximum absolute atomic E-state index is 13.9. The van der Waals surface area contributed by atoms with Gasteiger partial charge in [0.2, 0.25) is 0 Å². The van der Waals surface area contributed by atoms with E-state index in [-0.39, 0.29) is 11.9 Å². The lowest BCUT2D eigenvalue weighted by Gasteiger charge is -2.28. The highest BCUT2D eigenvalue weighted by atomic mass is 32.2. The Labute approximate surface area is 124 Å². The number of rotatable bonds is 4. The van der Waals surface area contributed by atoms with Gasteiger partial charge in [-0.15, -0.1) is 0 Å². The molecule has 6 heteroatoms. The summed E-state index contributed by atoms with van der Waals surface area (Å²) in [4.78, 5) is 0. The van der Waals surface area contributed by atoms with Gasteiger partial charge in [-0.05, 0) is 43.9 Å². The van der Waals surface area contributed by atoms with E-state index in [0.29, 0.717) is 18.4 Å². The van der Waals surface area contributed by atoms with Crippen molar-refractivity contribution in [2.75, 3.05) is 6.26 Å². The normalized spacial score (nSPS) is 24.6. The molecule has 0 aliphatic heterocycles. The number of hydrogen-bond acceptors (Lipinski definition) is 4. The maximum Gasteiger partial charge on any atom is 0.165 e. The standard InChI is InChI=1S/C15H21FO4S/c1-10(17)11-6-7-15(14(16)8-11)20-12-4-3-5-13(9-12)21(2,18)19/h6-8,10,12-13,17H,3-5,9H2,1-2H3/t10-,12?,13?/m1/s1. The van der Waals surface area contributed by atoms with Crippen LogP contribution in [0.4, 0.5) is 4.39 Å². The fourth-order valence-electron chi connectivity index (χ4n) is 2.65. The molecule has 0 saturated heterocycles. The predicted octanol–water partition coefficient (Wildman–Crippen LogP) is 2.61.